The number of nitrogens with zero attached hydrogens (tertiary/aromatic N) is 2. The number of halogens is 1. The Morgan fingerprint density at radius 2 is 1.97 bits per heavy atom. The number of methoxy groups -OCH3 is 1. The van der Waals surface area contributed by atoms with Crippen LogP contribution in [0.25, 0.3) is 0 Å². The minimum Gasteiger partial charge on any atom is -0.497 e. The van der Waals surface area contributed by atoms with Gasteiger partial charge < -0.3 is 29.7 Å². The summed E-state index contributed by atoms with van der Waals surface area (Å²) in [4.78, 5) is 18.9. The van der Waals surface area contributed by atoms with E-state index < -0.39 is 5.60 Å². The monoisotopic (exact) mass is 562 g/mol. The quantitative estimate of drug-likeness (QED) is 0.206. The van der Waals surface area contributed by atoms with Crippen molar-refractivity contribution in [2.24, 2.45) is 4.99 Å². The van der Waals surface area contributed by atoms with Gasteiger partial charge >= 0.3 is 6.09 Å². The molecule has 32 heavy (non-hydrogen) atoms. The molecule has 1 aromatic rings. The summed E-state index contributed by atoms with van der Waals surface area (Å²) in [6, 6.07) is 7.95. The summed E-state index contributed by atoms with van der Waals surface area (Å²) in [5.41, 5.74) is 0.632. The maximum Gasteiger partial charge on any atom is 0.407 e. The zero-order chi connectivity index (χ0) is 22.7. The molecule has 1 unspecified atom stereocenters. The summed E-state index contributed by atoms with van der Waals surface area (Å²) in [6.07, 6.45) is 1.35. The third-order valence-electron chi connectivity index (χ3n) is 4.68. The van der Waals surface area contributed by atoms with Gasteiger partial charge in [-0.2, -0.15) is 0 Å². The number of rotatable bonds is 9. The van der Waals surface area contributed by atoms with Crippen LogP contribution in [0.2, 0.25) is 0 Å². The van der Waals surface area contributed by atoms with E-state index in [0.29, 0.717) is 19.8 Å². The van der Waals surface area contributed by atoms with Crippen LogP contribution < -0.4 is 15.4 Å². The highest BCUT2D eigenvalue weighted by atomic mass is 127. The maximum absolute atomic E-state index is 12.0. The van der Waals surface area contributed by atoms with Gasteiger partial charge in [0, 0.05) is 32.8 Å². The van der Waals surface area contributed by atoms with Gasteiger partial charge in [-0.3, -0.25) is 4.99 Å². The fourth-order valence-corrected chi connectivity index (χ4v) is 3.23. The third kappa shape index (κ3) is 10.7. The number of nitrogens with one attached hydrogen (secondary N) is 2. The van der Waals surface area contributed by atoms with E-state index in [4.69, 9.17) is 19.2 Å². The maximum atomic E-state index is 12.0. The molecular weight excluding hydrogens is 523 g/mol. The van der Waals surface area contributed by atoms with Crippen LogP contribution in [0.1, 0.15) is 46.1 Å². The molecular formula is C23H39IN4O4. The van der Waals surface area contributed by atoms with Crippen LogP contribution in [-0.4, -0.2) is 68.5 Å². The Morgan fingerprint density at radius 1 is 1.25 bits per heavy atom. The molecule has 1 fully saturated rings. The number of benzene rings is 1. The Balaban J connectivity index is 0.00000512. The number of carbonyl (C=O) groups is 1. The molecule has 1 aliphatic heterocycles. The molecule has 0 radical (unpaired) electrons. The number of likely N-dealkylation sites (tertiary alicyclic amines) is 1. The molecule has 0 aromatic heterocycles. The number of alkyl carbamates (subject to hydrolysis) is 1. The highest BCUT2D eigenvalue weighted by Gasteiger charge is 2.27. The molecule has 1 saturated heterocycles. The Bertz CT molecular complexity index is 707. The molecule has 0 aliphatic carbocycles. The Kier molecular flexibility index (Phi) is 12.7. The minimum absolute atomic E-state index is 0. The molecule has 8 nitrogen and oxygen atoms in total. The average Bonchev–Trinajstić information content (AvgIpc) is 3.16. The van der Waals surface area contributed by atoms with E-state index in [9.17, 15) is 4.79 Å². The van der Waals surface area contributed by atoms with Gasteiger partial charge in [0.15, 0.2) is 5.96 Å². The highest BCUT2D eigenvalue weighted by Crippen LogP contribution is 2.13. The fraction of sp³-hybridized carbons (Fsp3) is 0.652. The number of amides is 1. The van der Waals surface area contributed by atoms with Gasteiger partial charge in [-0.05, 0) is 58.2 Å². The third-order valence-corrected chi connectivity index (χ3v) is 4.68. The molecule has 0 spiro atoms. The van der Waals surface area contributed by atoms with Crippen molar-refractivity contribution in [3.05, 3.63) is 29.8 Å². The Morgan fingerprint density at radius 3 is 2.59 bits per heavy atom. The van der Waals surface area contributed by atoms with Gasteiger partial charge in [-0.1, -0.05) is 12.1 Å². The first-order valence-corrected chi connectivity index (χ1v) is 11.0. The number of carbonyl (C=O) groups excluding carboxylic acids is 1. The van der Waals surface area contributed by atoms with E-state index in [2.05, 4.69) is 22.5 Å². The molecule has 0 bridgehead atoms. The summed E-state index contributed by atoms with van der Waals surface area (Å²) < 4.78 is 16.3. The Hall–Kier alpha value is -1.75. The van der Waals surface area contributed by atoms with Gasteiger partial charge in [-0.25, -0.2) is 4.79 Å². The van der Waals surface area contributed by atoms with Crippen LogP contribution >= 0.6 is 24.0 Å². The molecule has 1 aromatic carbocycles. The summed E-state index contributed by atoms with van der Waals surface area (Å²) in [6.45, 7) is 11.9. The zero-order valence-electron chi connectivity index (χ0n) is 20.0. The van der Waals surface area contributed by atoms with E-state index >= 15 is 0 Å². The van der Waals surface area contributed by atoms with E-state index in [0.717, 1.165) is 49.7 Å². The van der Waals surface area contributed by atoms with Crippen LogP contribution in [0.3, 0.4) is 0 Å². The minimum atomic E-state index is -0.492. The van der Waals surface area contributed by atoms with Gasteiger partial charge in [0.1, 0.15) is 11.4 Å². The van der Waals surface area contributed by atoms with Crippen LogP contribution in [0.4, 0.5) is 4.79 Å². The molecule has 1 atom stereocenters. The van der Waals surface area contributed by atoms with Crippen molar-refractivity contribution < 1.29 is 19.0 Å². The second kappa shape index (κ2) is 14.4. The molecule has 1 amide bonds. The summed E-state index contributed by atoms with van der Waals surface area (Å²) in [7, 11) is 1.66. The molecule has 1 heterocycles. The molecule has 182 valence electrons. The van der Waals surface area contributed by atoms with Crippen molar-refractivity contribution in [1.82, 2.24) is 15.5 Å². The van der Waals surface area contributed by atoms with E-state index in [1.54, 1.807) is 7.11 Å². The standard InChI is InChI=1S/C23H38N4O4.HI/c1-6-24-21(27-14-12-19(16-27)26-22(28)31-23(2,3)4)25-13-7-15-30-17-18-8-10-20(29-5)11-9-18;/h8-11,19H,6-7,12-17H2,1-5H3,(H,24,25)(H,26,28);1H. The first-order chi connectivity index (χ1) is 14.8. The number of guanidine groups is 1. The highest BCUT2D eigenvalue weighted by molar-refractivity contribution is 14.0. The van der Waals surface area contributed by atoms with Gasteiger partial charge in [0.25, 0.3) is 0 Å². The van der Waals surface area contributed by atoms with Gasteiger partial charge in [0.05, 0.1) is 19.8 Å². The van der Waals surface area contributed by atoms with Crippen LogP contribution in [0.5, 0.6) is 5.75 Å². The lowest BCUT2D eigenvalue weighted by Gasteiger charge is -2.23. The molecule has 2 N–H and O–H groups in total. The molecule has 1 aliphatic rings. The lowest BCUT2D eigenvalue weighted by atomic mass is 10.2. The first-order valence-electron chi connectivity index (χ1n) is 11.0. The van der Waals surface area contributed by atoms with Crippen LogP contribution in [0, 0.1) is 0 Å². The Labute approximate surface area is 209 Å². The second-order valence-corrected chi connectivity index (χ2v) is 8.57. The number of hydrogen-bond donors (Lipinski definition) is 2. The normalized spacial score (nSPS) is 16.3. The second-order valence-electron chi connectivity index (χ2n) is 8.57. The van der Waals surface area contributed by atoms with E-state index in [1.807, 2.05) is 45.0 Å². The summed E-state index contributed by atoms with van der Waals surface area (Å²) >= 11 is 0. The van der Waals surface area contributed by atoms with Crippen molar-refractivity contribution in [3.63, 3.8) is 0 Å². The number of hydrogen-bond acceptors (Lipinski definition) is 5. The summed E-state index contributed by atoms with van der Waals surface area (Å²) in [5.74, 6) is 1.73. The first kappa shape index (κ1) is 28.3. The fourth-order valence-electron chi connectivity index (χ4n) is 3.23. The van der Waals surface area contributed by atoms with Crippen molar-refractivity contribution in [2.45, 2.75) is 58.8 Å². The smallest absolute Gasteiger partial charge is 0.407 e. The predicted molar refractivity (Wildman–Crippen MR) is 138 cm³/mol. The van der Waals surface area contributed by atoms with Crippen LogP contribution in [-0.2, 0) is 16.1 Å². The molecule has 2 rings (SSSR count). The number of aliphatic imine (C=N–C) groups is 1. The zero-order valence-corrected chi connectivity index (χ0v) is 22.3. The number of ether oxygens (including phenoxy) is 3. The molecule has 0 saturated carbocycles. The van der Waals surface area contributed by atoms with Crippen LogP contribution in [0.15, 0.2) is 29.3 Å². The van der Waals surface area contributed by atoms with Gasteiger partial charge in [0.2, 0.25) is 0 Å². The van der Waals surface area contributed by atoms with Crippen molar-refractivity contribution in [1.29, 1.82) is 0 Å². The van der Waals surface area contributed by atoms with Crippen molar-refractivity contribution in [3.8, 4) is 5.75 Å². The lowest BCUT2D eigenvalue weighted by Crippen LogP contribution is -2.44. The van der Waals surface area contributed by atoms with E-state index in [1.165, 1.54) is 0 Å². The van der Waals surface area contributed by atoms with Crippen molar-refractivity contribution >= 4 is 36.0 Å². The van der Waals surface area contributed by atoms with Gasteiger partial charge in [-0.15, -0.1) is 24.0 Å². The SMILES string of the molecule is CCNC(=NCCCOCc1ccc(OC)cc1)N1CCC(NC(=O)OC(C)(C)C)C1.I. The molecule has 9 heteroatoms. The lowest BCUT2D eigenvalue weighted by molar-refractivity contribution is 0.0507. The topological polar surface area (TPSA) is 84.4 Å². The largest absolute Gasteiger partial charge is 0.497 e. The average molecular weight is 562 g/mol. The van der Waals surface area contributed by atoms with E-state index in [-0.39, 0.29) is 36.1 Å². The summed E-state index contributed by atoms with van der Waals surface area (Å²) in [5, 5.41) is 6.30. The predicted octanol–water partition coefficient (Wildman–Crippen LogP) is 3.78. The van der Waals surface area contributed by atoms with Crippen molar-refractivity contribution in [2.75, 3.05) is 39.9 Å².